The molecule has 1 aliphatic rings. The third-order valence-corrected chi connectivity index (χ3v) is 5.47. The summed E-state index contributed by atoms with van der Waals surface area (Å²) >= 11 is 6.28. The molecule has 1 saturated heterocycles. The van der Waals surface area contributed by atoms with E-state index in [4.69, 9.17) is 11.6 Å². The topological polar surface area (TPSA) is 55.8 Å². The van der Waals surface area contributed by atoms with Crippen molar-refractivity contribution in [2.24, 2.45) is 4.99 Å². The van der Waals surface area contributed by atoms with Crippen LogP contribution in [0.2, 0.25) is 5.02 Å². The molecule has 8 heteroatoms. The molecule has 0 amide bonds. The second kappa shape index (κ2) is 12.2. The molecule has 0 saturated carbocycles. The Morgan fingerprint density at radius 2 is 2.03 bits per heavy atom. The Hall–Kier alpha value is -1.74. The average molecular weight is 543 g/mol. The number of rotatable bonds is 7. The maximum Gasteiger partial charge on any atom is 0.191 e. The quantitative estimate of drug-likeness (QED) is 0.241. The Morgan fingerprint density at radius 1 is 1.27 bits per heavy atom. The number of halogens is 2. The zero-order valence-corrected chi connectivity index (χ0v) is 21.0. The fraction of sp³-hybridized carbons (Fsp3) is 0.455. The van der Waals surface area contributed by atoms with Crippen LogP contribution >= 0.6 is 35.6 Å². The molecule has 1 fully saturated rings. The molecule has 2 heterocycles. The highest BCUT2D eigenvalue weighted by atomic mass is 127. The summed E-state index contributed by atoms with van der Waals surface area (Å²) in [6, 6.07) is 12.8. The van der Waals surface area contributed by atoms with Crippen molar-refractivity contribution in [1.29, 1.82) is 0 Å². The lowest BCUT2D eigenvalue weighted by atomic mass is 10.1. The number of pyridine rings is 1. The molecule has 3 rings (SSSR count). The summed E-state index contributed by atoms with van der Waals surface area (Å²) in [7, 11) is 5.94. The van der Waals surface area contributed by atoms with Crippen LogP contribution in [0.4, 0.5) is 11.5 Å². The van der Waals surface area contributed by atoms with Crippen LogP contribution in [-0.2, 0) is 6.42 Å². The van der Waals surface area contributed by atoms with E-state index in [2.05, 4.69) is 68.8 Å². The molecule has 0 spiro atoms. The number of aliphatic imine (C=N–C) groups is 1. The highest BCUT2D eigenvalue weighted by Crippen LogP contribution is 2.25. The molecule has 1 aromatic carbocycles. The van der Waals surface area contributed by atoms with Crippen molar-refractivity contribution in [2.45, 2.75) is 25.3 Å². The van der Waals surface area contributed by atoms with E-state index in [0.29, 0.717) is 11.1 Å². The van der Waals surface area contributed by atoms with E-state index in [9.17, 15) is 0 Å². The van der Waals surface area contributed by atoms with Gasteiger partial charge in [0, 0.05) is 58.7 Å². The van der Waals surface area contributed by atoms with Gasteiger partial charge in [0.15, 0.2) is 5.96 Å². The van der Waals surface area contributed by atoms with Gasteiger partial charge in [-0.1, -0.05) is 23.7 Å². The molecular formula is C22H32ClIN6. The van der Waals surface area contributed by atoms with Crippen LogP contribution in [-0.4, -0.2) is 57.8 Å². The third-order valence-electron chi connectivity index (χ3n) is 5.18. The summed E-state index contributed by atoms with van der Waals surface area (Å²) in [5, 5.41) is 7.66. The number of nitrogens with one attached hydrogen (secondary N) is 2. The molecular weight excluding hydrogens is 511 g/mol. The summed E-state index contributed by atoms with van der Waals surface area (Å²) in [4.78, 5) is 13.1. The highest BCUT2D eigenvalue weighted by Gasteiger charge is 2.25. The molecule has 2 aromatic rings. The molecule has 1 atom stereocenters. The summed E-state index contributed by atoms with van der Waals surface area (Å²) < 4.78 is 0. The number of aryl methyl sites for hydroxylation is 1. The number of guanidine groups is 1. The number of aromatic nitrogens is 1. The van der Waals surface area contributed by atoms with Gasteiger partial charge in [0.05, 0.1) is 5.02 Å². The van der Waals surface area contributed by atoms with Gasteiger partial charge in [-0.3, -0.25) is 4.99 Å². The molecule has 0 aliphatic carbocycles. The van der Waals surface area contributed by atoms with Crippen LogP contribution in [0.25, 0.3) is 0 Å². The van der Waals surface area contributed by atoms with Crippen LogP contribution < -0.4 is 20.4 Å². The summed E-state index contributed by atoms with van der Waals surface area (Å²) in [6.45, 7) is 2.70. The fourth-order valence-electron chi connectivity index (χ4n) is 3.53. The van der Waals surface area contributed by atoms with Gasteiger partial charge >= 0.3 is 0 Å². The number of anilines is 2. The van der Waals surface area contributed by atoms with Gasteiger partial charge in [-0.15, -0.1) is 24.0 Å². The van der Waals surface area contributed by atoms with Crippen LogP contribution in [0, 0.1) is 0 Å². The minimum atomic E-state index is 0. The molecule has 164 valence electrons. The van der Waals surface area contributed by atoms with Crippen LogP contribution in [0.3, 0.4) is 0 Å². The van der Waals surface area contributed by atoms with Gasteiger partial charge in [-0.2, -0.15) is 0 Å². The van der Waals surface area contributed by atoms with Gasteiger partial charge in [0.2, 0.25) is 0 Å². The zero-order valence-electron chi connectivity index (χ0n) is 17.9. The lowest BCUT2D eigenvalue weighted by molar-refractivity contribution is 0.642. The van der Waals surface area contributed by atoms with Crippen molar-refractivity contribution in [2.75, 3.05) is 50.6 Å². The normalized spacial score (nSPS) is 16.2. The van der Waals surface area contributed by atoms with Crippen molar-refractivity contribution in [3.8, 4) is 0 Å². The Bertz CT molecular complexity index is 812. The summed E-state index contributed by atoms with van der Waals surface area (Å²) in [6.07, 6.45) is 4.93. The Labute approximate surface area is 202 Å². The smallest absolute Gasteiger partial charge is 0.191 e. The molecule has 1 aromatic heterocycles. The number of nitrogens with zero attached hydrogens (tertiary/aromatic N) is 4. The van der Waals surface area contributed by atoms with Gasteiger partial charge in [-0.25, -0.2) is 4.98 Å². The molecule has 6 nitrogen and oxygen atoms in total. The lowest BCUT2D eigenvalue weighted by Crippen LogP contribution is -2.45. The first-order chi connectivity index (χ1) is 14.1. The van der Waals surface area contributed by atoms with E-state index < -0.39 is 0 Å². The predicted molar refractivity (Wildman–Crippen MR) is 139 cm³/mol. The standard InChI is InChI=1S/C22H31ClN6.HI/c1-24-22(26-14-4-6-17-8-10-19(11-9-17)28(2)3)27-18-12-15-29(16-18)21-20(23)7-5-13-25-21;/h5,7-11,13,18H,4,6,12,14-16H2,1-3H3,(H2,24,26,27);1H. The predicted octanol–water partition coefficient (Wildman–Crippen LogP) is 3.80. The fourth-order valence-corrected chi connectivity index (χ4v) is 3.77. The van der Waals surface area contributed by atoms with Crippen molar-refractivity contribution < 1.29 is 0 Å². The molecule has 1 unspecified atom stereocenters. The van der Waals surface area contributed by atoms with Crippen LogP contribution in [0.15, 0.2) is 47.6 Å². The largest absolute Gasteiger partial charge is 0.378 e. The Morgan fingerprint density at radius 3 is 2.70 bits per heavy atom. The first-order valence-electron chi connectivity index (χ1n) is 10.2. The maximum absolute atomic E-state index is 6.28. The summed E-state index contributed by atoms with van der Waals surface area (Å²) in [5.41, 5.74) is 2.59. The molecule has 0 radical (unpaired) electrons. The maximum atomic E-state index is 6.28. The Kier molecular flexibility index (Phi) is 9.97. The van der Waals surface area contributed by atoms with Gasteiger partial charge in [0.25, 0.3) is 0 Å². The van der Waals surface area contributed by atoms with Gasteiger partial charge < -0.3 is 20.4 Å². The SMILES string of the molecule is CN=C(NCCCc1ccc(N(C)C)cc1)NC1CCN(c2ncccc2Cl)C1.I. The third kappa shape index (κ3) is 6.91. The number of hydrogen-bond acceptors (Lipinski definition) is 4. The Balaban J connectivity index is 0.00000320. The molecule has 1 aliphatic heterocycles. The second-order valence-corrected chi connectivity index (χ2v) is 7.96. The average Bonchev–Trinajstić information content (AvgIpc) is 3.19. The van der Waals surface area contributed by atoms with Gasteiger partial charge in [0.1, 0.15) is 5.82 Å². The second-order valence-electron chi connectivity index (χ2n) is 7.55. The summed E-state index contributed by atoms with van der Waals surface area (Å²) in [5.74, 6) is 1.72. The highest BCUT2D eigenvalue weighted by molar-refractivity contribution is 14.0. The number of benzene rings is 1. The zero-order chi connectivity index (χ0) is 20.6. The van der Waals surface area contributed by atoms with Crippen LogP contribution in [0.5, 0.6) is 0 Å². The van der Waals surface area contributed by atoms with E-state index >= 15 is 0 Å². The van der Waals surface area contributed by atoms with E-state index in [-0.39, 0.29) is 24.0 Å². The molecule has 2 N–H and O–H groups in total. The van der Waals surface area contributed by atoms with Gasteiger partial charge in [-0.05, 0) is 49.1 Å². The van der Waals surface area contributed by atoms with E-state index in [1.165, 1.54) is 11.3 Å². The van der Waals surface area contributed by atoms with E-state index in [1.54, 1.807) is 6.20 Å². The minimum absolute atomic E-state index is 0. The van der Waals surface area contributed by atoms with Crippen molar-refractivity contribution in [1.82, 2.24) is 15.6 Å². The monoisotopic (exact) mass is 542 g/mol. The molecule has 30 heavy (non-hydrogen) atoms. The van der Waals surface area contributed by atoms with Crippen molar-refractivity contribution >= 4 is 53.0 Å². The van der Waals surface area contributed by atoms with E-state index in [0.717, 1.165) is 50.7 Å². The first-order valence-corrected chi connectivity index (χ1v) is 10.5. The lowest BCUT2D eigenvalue weighted by Gasteiger charge is -2.20. The molecule has 0 bridgehead atoms. The minimum Gasteiger partial charge on any atom is -0.378 e. The first kappa shape index (κ1) is 24.5. The van der Waals surface area contributed by atoms with Crippen molar-refractivity contribution in [3.05, 3.63) is 53.2 Å². The van der Waals surface area contributed by atoms with E-state index in [1.807, 2.05) is 19.2 Å². The number of hydrogen-bond donors (Lipinski definition) is 2. The van der Waals surface area contributed by atoms with Crippen LogP contribution in [0.1, 0.15) is 18.4 Å². The van der Waals surface area contributed by atoms with Crippen molar-refractivity contribution in [3.63, 3.8) is 0 Å².